The van der Waals surface area contributed by atoms with Crippen molar-refractivity contribution in [2.45, 2.75) is 44.1 Å². The van der Waals surface area contributed by atoms with E-state index in [-0.39, 0.29) is 0 Å². The number of nitrogens with one attached hydrogen (secondary N) is 2. The van der Waals surface area contributed by atoms with Gasteiger partial charge in [-0.25, -0.2) is 0 Å². The molecule has 4 aliphatic rings. The van der Waals surface area contributed by atoms with Gasteiger partial charge in [-0.05, 0) is 82.6 Å². The van der Waals surface area contributed by atoms with Gasteiger partial charge >= 0.3 is 0 Å². The minimum absolute atomic E-state index is 0.344. The molecule has 19 heavy (non-hydrogen) atoms. The first kappa shape index (κ1) is 13.6. The van der Waals surface area contributed by atoms with Crippen LogP contribution >= 0.6 is 12.2 Å². The summed E-state index contributed by atoms with van der Waals surface area (Å²) in [7, 11) is 4.19. The molecule has 0 aliphatic heterocycles. The van der Waals surface area contributed by atoms with Crippen molar-refractivity contribution in [2.24, 2.45) is 17.8 Å². The van der Waals surface area contributed by atoms with Crippen molar-refractivity contribution in [1.29, 1.82) is 0 Å². The number of rotatable bonds is 4. The highest BCUT2D eigenvalue weighted by Gasteiger charge is 2.51. The molecule has 3 nitrogen and oxygen atoms in total. The van der Waals surface area contributed by atoms with Crippen LogP contribution in [0.15, 0.2) is 0 Å². The van der Waals surface area contributed by atoms with E-state index in [4.69, 9.17) is 12.2 Å². The van der Waals surface area contributed by atoms with Crippen LogP contribution in [0.5, 0.6) is 0 Å². The predicted molar refractivity (Wildman–Crippen MR) is 83.2 cm³/mol. The molecule has 0 heterocycles. The van der Waals surface area contributed by atoms with Crippen LogP contribution in [0, 0.1) is 17.8 Å². The Morgan fingerprint density at radius 3 is 2.11 bits per heavy atom. The Morgan fingerprint density at radius 2 is 1.63 bits per heavy atom. The summed E-state index contributed by atoms with van der Waals surface area (Å²) in [5, 5.41) is 7.95. The Labute approximate surface area is 122 Å². The molecule has 0 spiro atoms. The second kappa shape index (κ2) is 5.21. The lowest BCUT2D eigenvalue weighted by atomic mass is 9.53. The van der Waals surface area contributed by atoms with Crippen molar-refractivity contribution >= 4 is 17.3 Å². The second-order valence-corrected chi connectivity index (χ2v) is 7.79. The van der Waals surface area contributed by atoms with Crippen LogP contribution in [0.3, 0.4) is 0 Å². The van der Waals surface area contributed by atoms with Gasteiger partial charge in [-0.2, -0.15) is 0 Å². The topological polar surface area (TPSA) is 27.3 Å². The highest BCUT2D eigenvalue weighted by Crippen LogP contribution is 2.55. The van der Waals surface area contributed by atoms with Gasteiger partial charge in [-0.15, -0.1) is 0 Å². The molecule has 0 saturated heterocycles. The Bertz CT molecular complexity index is 318. The van der Waals surface area contributed by atoms with E-state index in [0.717, 1.165) is 36.0 Å². The minimum atomic E-state index is 0.344. The van der Waals surface area contributed by atoms with Gasteiger partial charge in [-0.3, -0.25) is 0 Å². The van der Waals surface area contributed by atoms with Gasteiger partial charge in [0.2, 0.25) is 0 Å². The molecule has 4 heteroatoms. The Hall–Kier alpha value is -0.350. The molecule has 2 N–H and O–H groups in total. The zero-order valence-corrected chi connectivity index (χ0v) is 13.1. The third-order valence-electron chi connectivity index (χ3n) is 5.26. The lowest BCUT2D eigenvalue weighted by Gasteiger charge is -2.57. The molecule has 0 aromatic carbocycles. The molecule has 4 rings (SSSR count). The lowest BCUT2D eigenvalue weighted by molar-refractivity contribution is -0.0101. The van der Waals surface area contributed by atoms with Crippen LogP contribution in [-0.4, -0.2) is 42.7 Å². The molecule has 4 saturated carbocycles. The van der Waals surface area contributed by atoms with E-state index in [0.29, 0.717) is 5.54 Å². The van der Waals surface area contributed by atoms with Crippen molar-refractivity contribution in [3.63, 3.8) is 0 Å². The first-order chi connectivity index (χ1) is 9.05. The van der Waals surface area contributed by atoms with Crippen LogP contribution in [-0.2, 0) is 0 Å². The third kappa shape index (κ3) is 3.05. The van der Waals surface area contributed by atoms with Crippen molar-refractivity contribution < 1.29 is 0 Å². The predicted octanol–water partition coefficient (Wildman–Crippen LogP) is 1.98. The van der Waals surface area contributed by atoms with E-state index in [9.17, 15) is 0 Å². The highest BCUT2D eigenvalue weighted by molar-refractivity contribution is 7.80. The highest BCUT2D eigenvalue weighted by atomic mass is 32.1. The zero-order chi connectivity index (χ0) is 13.5. The van der Waals surface area contributed by atoms with Crippen molar-refractivity contribution in [3.8, 4) is 0 Å². The first-order valence-corrected chi connectivity index (χ1v) is 8.16. The lowest BCUT2D eigenvalue weighted by Crippen LogP contribution is -2.61. The molecule has 0 aromatic rings. The van der Waals surface area contributed by atoms with Crippen molar-refractivity contribution in [1.82, 2.24) is 15.5 Å². The number of likely N-dealkylation sites (N-methyl/N-ethyl adjacent to an activating group) is 1. The maximum absolute atomic E-state index is 5.50. The summed E-state index contributed by atoms with van der Waals surface area (Å²) < 4.78 is 0. The molecule has 0 radical (unpaired) electrons. The summed E-state index contributed by atoms with van der Waals surface area (Å²) in [6.45, 7) is 1.97. The molecular weight excluding hydrogens is 254 g/mol. The van der Waals surface area contributed by atoms with Crippen molar-refractivity contribution in [2.75, 3.05) is 27.2 Å². The Balaban J connectivity index is 1.53. The molecule has 0 unspecified atom stereocenters. The Morgan fingerprint density at radius 1 is 1.11 bits per heavy atom. The van der Waals surface area contributed by atoms with Crippen LogP contribution in [0.2, 0.25) is 0 Å². The molecule has 108 valence electrons. The summed E-state index contributed by atoms with van der Waals surface area (Å²) in [5.41, 5.74) is 0.344. The fourth-order valence-electron chi connectivity index (χ4n) is 4.94. The number of hydrogen-bond acceptors (Lipinski definition) is 2. The smallest absolute Gasteiger partial charge is 0.166 e. The molecule has 4 fully saturated rings. The van der Waals surface area contributed by atoms with Crippen LogP contribution in [0.25, 0.3) is 0 Å². The number of hydrogen-bond donors (Lipinski definition) is 2. The van der Waals surface area contributed by atoms with E-state index in [1.165, 1.54) is 38.5 Å². The summed E-state index contributed by atoms with van der Waals surface area (Å²) in [6.07, 6.45) is 8.53. The average molecular weight is 281 g/mol. The monoisotopic (exact) mass is 281 g/mol. The molecule has 0 atom stereocenters. The normalized spacial score (nSPS) is 39.6. The third-order valence-corrected chi connectivity index (χ3v) is 5.51. The standard InChI is InChI=1S/C15H27N3S/c1-18(2)4-3-16-14(19)17-15-8-11-5-12(9-15)7-13(6-11)10-15/h11-13H,3-10H2,1-2H3,(H2,16,17,19). The molecule has 4 bridgehead atoms. The SMILES string of the molecule is CN(C)CCNC(=S)NC12CC3CC(CC(C3)C1)C2. The molecule has 4 aliphatic carbocycles. The summed E-state index contributed by atoms with van der Waals surface area (Å²) in [4.78, 5) is 2.18. The molecular formula is C15H27N3S. The largest absolute Gasteiger partial charge is 0.361 e. The molecule has 0 aromatic heterocycles. The van der Waals surface area contributed by atoms with E-state index >= 15 is 0 Å². The van der Waals surface area contributed by atoms with E-state index < -0.39 is 0 Å². The summed E-state index contributed by atoms with van der Waals surface area (Å²) in [5.74, 6) is 2.93. The van der Waals surface area contributed by atoms with E-state index in [1.54, 1.807) is 0 Å². The fourth-order valence-corrected chi connectivity index (χ4v) is 5.26. The van der Waals surface area contributed by atoms with Gasteiger partial charge in [0, 0.05) is 18.6 Å². The second-order valence-electron chi connectivity index (χ2n) is 7.38. The van der Waals surface area contributed by atoms with Gasteiger partial charge in [0.25, 0.3) is 0 Å². The minimum Gasteiger partial charge on any atom is -0.361 e. The fraction of sp³-hybridized carbons (Fsp3) is 0.933. The van der Waals surface area contributed by atoms with Gasteiger partial charge in [0.1, 0.15) is 0 Å². The summed E-state index contributed by atoms with van der Waals surface area (Å²) in [6, 6.07) is 0. The zero-order valence-electron chi connectivity index (χ0n) is 12.2. The van der Waals surface area contributed by atoms with Crippen LogP contribution in [0.1, 0.15) is 38.5 Å². The van der Waals surface area contributed by atoms with Crippen molar-refractivity contribution in [3.05, 3.63) is 0 Å². The average Bonchev–Trinajstić information content (AvgIpc) is 2.25. The van der Waals surface area contributed by atoms with Gasteiger partial charge in [0.05, 0.1) is 0 Å². The van der Waals surface area contributed by atoms with Gasteiger partial charge in [-0.1, -0.05) is 0 Å². The maximum Gasteiger partial charge on any atom is 0.166 e. The van der Waals surface area contributed by atoms with Crippen LogP contribution < -0.4 is 10.6 Å². The van der Waals surface area contributed by atoms with Crippen LogP contribution in [0.4, 0.5) is 0 Å². The van der Waals surface area contributed by atoms with E-state index in [1.807, 2.05) is 0 Å². The maximum atomic E-state index is 5.50. The van der Waals surface area contributed by atoms with Gasteiger partial charge in [0.15, 0.2) is 5.11 Å². The summed E-state index contributed by atoms with van der Waals surface area (Å²) >= 11 is 5.50. The Kier molecular flexibility index (Phi) is 3.73. The quantitative estimate of drug-likeness (QED) is 0.771. The number of thiocarbonyl (C=S) groups is 1. The van der Waals surface area contributed by atoms with Gasteiger partial charge < -0.3 is 15.5 Å². The molecule has 0 amide bonds. The number of nitrogens with zero attached hydrogens (tertiary/aromatic N) is 1. The van der Waals surface area contributed by atoms with E-state index in [2.05, 4.69) is 29.6 Å². The first-order valence-electron chi connectivity index (χ1n) is 7.75.